The zero-order valence-electron chi connectivity index (χ0n) is 13.1. The standard InChI is InChI=1S/C16H21N3O4/c1-17-14(21)6-12-8-19(9-13(12)20)16(22)11-5-10-3-2-4-23-15(10)18-7-11/h5,7,12-13,20H,2-4,6,8-9H2,1H3,(H,17,21)/t12-,13-/m1/s1. The second-order valence-electron chi connectivity index (χ2n) is 6.06. The molecule has 1 aromatic heterocycles. The number of pyridine rings is 1. The fourth-order valence-electron chi connectivity index (χ4n) is 3.10. The van der Waals surface area contributed by atoms with Crippen molar-refractivity contribution in [1.82, 2.24) is 15.2 Å². The van der Waals surface area contributed by atoms with Crippen molar-refractivity contribution in [1.29, 1.82) is 0 Å². The summed E-state index contributed by atoms with van der Waals surface area (Å²) in [5.41, 5.74) is 1.45. The van der Waals surface area contributed by atoms with Crippen molar-refractivity contribution in [2.75, 3.05) is 26.7 Å². The highest BCUT2D eigenvalue weighted by molar-refractivity contribution is 5.94. The van der Waals surface area contributed by atoms with E-state index in [1.54, 1.807) is 11.9 Å². The second-order valence-corrected chi connectivity index (χ2v) is 6.06. The third-order valence-electron chi connectivity index (χ3n) is 4.42. The SMILES string of the molecule is CNC(=O)C[C@@H]1CN(C(=O)c2cnc3c(c2)CCCO3)C[C@H]1O. The van der Waals surface area contributed by atoms with Crippen LogP contribution in [0.3, 0.4) is 0 Å². The molecule has 2 atom stereocenters. The number of carbonyl (C=O) groups excluding carboxylic acids is 2. The molecule has 1 aromatic rings. The third-order valence-corrected chi connectivity index (χ3v) is 4.42. The van der Waals surface area contributed by atoms with Crippen molar-refractivity contribution in [3.63, 3.8) is 0 Å². The number of hydrogen-bond donors (Lipinski definition) is 2. The molecule has 124 valence electrons. The number of nitrogens with zero attached hydrogens (tertiary/aromatic N) is 2. The van der Waals surface area contributed by atoms with E-state index < -0.39 is 6.10 Å². The Balaban J connectivity index is 1.70. The number of amides is 2. The average molecular weight is 319 g/mol. The van der Waals surface area contributed by atoms with Gasteiger partial charge in [-0.1, -0.05) is 0 Å². The summed E-state index contributed by atoms with van der Waals surface area (Å²) in [5.74, 6) is 0.0832. The number of aliphatic hydroxyl groups excluding tert-OH is 1. The van der Waals surface area contributed by atoms with E-state index in [2.05, 4.69) is 10.3 Å². The lowest BCUT2D eigenvalue weighted by molar-refractivity contribution is -0.122. The van der Waals surface area contributed by atoms with E-state index in [1.165, 1.54) is 6.20 Å². The summed E-state index contributed by atoms with van der Waals surface area (Å²) >= 11 is 0. The molecule has 0 saturated carbocycles. The van der Waals surface area contributed by atoms with Gasteiger partial charge in [0.05, 0.1) is 18.3 Å². The summed E-state index contributed by atoms with van der Waals surface area (Å²) in [6, 6.07) is 1.82. The summed E-state index contributed by atoms with van der Waals surface area (Å²) in [7, 11) is 1.56. The maximum absolute atomic E-state index is 12.6. The number of fused-ring (bicyclic) bond motifs is 1. The molecule has 7 heteroatoms. The van der Waals surface area contributed by atoms with Gasteiger partial charge in [0.15, 0.2) is 0 Å². The molecule has 0 aromatic carbocycles. The van der Waals surface area contributed by atoms with E-state index in [1.807, 2.05) is 6.07 Å². The summed E-state index contributed by atoms with van der Waals surface area (Å²) < 4.78 is 5.45. The Morgan fingerprint density at radius 3 is 3.09 bits per heavy atom. The second kappa shape index (κ2) is 6.54. The van der Waals surface area contributed by atoms with Gasteiger partial charge in [0.2, 0.25) is 11.8 Å². The van der Waals surface area contributed by atoms with Crippen molar-refractivity contribution in [3.05, 3.63) is 23.4 Å². The highest BCUT2D eigenvalue weighted by Crippen LogP contribution is 2.25. The smallest absolute Gasteiger partial charge is 0.255 e. The summed E-state index contributed by atoms with van der Waals surface area (Å²) in [6.45, 7) is 1.28. The number of aryl methyl sites for hydroxylation is 1. The molecule has 3 heterocycles. The highest BCUT2D eigenvalue weighted by atomic mass is 16.5. The van der Waals surface area contributed by atoms with E-state index in [0.717, 1.165) is 18.4 Å². The topological polar surface area (TPSA) is 91.8 Å². The number of aromatic nitrogens is 1. The molecule has 23 heavy (non-hydrogen) atoms. The fraction of sp³-hybridized carbons (Fsp3) is 0.562. The molecule has 2 aliphatic rings. The number of ether oxygens (including phenoxy) is 1. The van der Waals surface area contributed by atoms with Crippen LogP contribution in [0.25, 0.3) is 0 Å². The number of aliphatic hydroxyl groups is 1. The molecule has 2 aliphatic heterocycles. The number of hydrogen-bond acceptors (Lipinski definition) is 5. The van der Waals surface area contributed by atoms with E-state index in [0.29, 0.717) is 24.6 Å². The van der Waals surface area contributed by atoms with Crippen molar-refractivity contribution >= 4 is 11.8 Å². The number of likely N-dealkylation sites (tertiary alicyclic amines) is 1. The Labute approximate surface area is 134 Å². The van der Waals surface area contributed by atoms with E-state index >= 15 is 0 Å². The minimum atomic E-state index is -0.676. The monoisotopic (exact) mass is 319 g/mol. The van der Waals surface area contributed by atoms with Crippen LogP contribution >= 0.6 is 0 Å². The van der Waals surface area contributed by atoms with Crippen molar-refractivity contribution in [2.45, 2.75) is 25.4 Å². The van der Waals surface area contributed by atoms with E-state index in [-0.39, 0.29) is 30.7 Å². The lowest BCUT2D eigenvalue weighted by Gasteiger charge is -2.19. The first kappa shape index (κ1) is 15.7. The van der Waals surface area contributed by atoms with Gasteiger partial charge in [0.25, 0.3) is 5.91 Å². The third kappa shape index (κ3) is 3.29. The van der Waals surface area contributed by atoms with E-state index in [4.69, 9.17) is 4.74 Å². The minimum Gasteiger partial charge on any atom is -0.477 e. The molecule has 2 amide bonds. The lowest BCUT2D eigenvalue weighted by atomic mass is 10.0. The Morgan fingerprint density at radius 2 is 2.30 bits per heavy atom. The maximum atomic E-state index is 12.6. The molecule has 0 spiro atoms. The van der Waals surface area contributed by atoms with Crippen LogP contribution in [0.5, 0.6) is 5.88 Å². The highest BCUT2D eigenvalue weighted by Gasteiger charge is 2.35. The van der Waals surface area contributed by atoms with Crippen molar-refractivity contribution < 1.29 is 19.4 Å². The molecular weight excluding hydrogens is 298 g/mol. The molecule has 1 saturated heterocycles. The molecule has 0 unspecified atom stereocenters. The quantitative estimate of drug-likeness (QED) is 0.817. The average Bonchev–Trinajstić information content (AvgIpc) is 2.94. The van der Waals surface area contributed by atoms with Gasteiger partial charge in [-0.2, -0.15) is 0 Å². The van der Waals surface area contributed by atoms with Crippen LogP contribution < -0.4 is 10.1 Å². The van der Waals surface area contributed by atoms with Gasteiger partial charge in [-0.25, -0.2) is 4.98 Å². The lowest BCUT2D eigenvalue weighted by Crippen LogP contribution is -2.30. The molecule has 0 aliphatic carbocycles. The number of carbonyl (C=O) groups is 2. The van der Waals surface area contributed by atoms with Gasteiger partial charge in [-0.05, 0) is 18.9 Å². The Hall–Kier alpha value is -2.15. The van der Waals surface area contributed by atoms with Crippen LogP contribution in [0.1, 0.15) is 28.8 Å². The van der Waals surface area contributed by atoms with Crippen molar-refractivity contribution in [3.8, 4) is 5.88 Å². The fourth-order valence-corrected chi connectivity index (χ4v) is 3.10. The predicted octanol–water partition coefficient (Wildman–Crippen LogP) is -0.0244. The Morgan fingerprint density at radius 1 is 1.48 bits per heavy atom. The van der Waals surface area contributed by atoms with Gasteiger partial charge in [-0.3, -0.25) is 9.59 Å². The first-order valence-corrected chi connectivity index (χ1v) is 7.88. The largest absolute Gasteiger partial charge is 0.477 e. The number of rotatable bonds is 3. The molecule has 0 radical (unpaired) electrons. The predicted molar refractivity (Wildman–Crippen MR) is 82.1 cm³/mol. The zero-order valence-corrected chi connectivity index (χ0v) is 13.1. The van der Waals surface area contributed by atoms with Gasteiger partial charge >= 0.3 is 0 Å². The van der Waals surface area contributed by atoms with Crippen LogP contribution in [0, 0.1) is 5.92 Å². The summed E-state index contributed by atoms with van der Waals surface area (Å²) in [4.78, 5) is 29.9. The van der Waals surface area contributed by atoms with Gasteiger partial charge in [0.1, 0.15) is 0 Å². The molecule has 7 nitrogen and oxygen atoms in total. The van der Waals surface area contributed by atoms with E-state index in [9.17, 15) is 14.7 Å². The van der Waals surface area contributed by atoms with Crippen LogP contribution in [0.4, 0.5) is 0 Å². The number of β-amino-alcohol motifs (C(OH)–C–C–N with tert-alkyl or cyclic N) is 1. The van der Waals surface area contributed by atoms with Crippen molar-refractivity contribution in [2.24, 2.45) is 5.92 Å². The first-order valence-electron chi connectivity index (χ1n) is 7.88. The molecule has 2 N–H and O–H groups in total. The summed E-state index contributed by atoms with van der Waals surface area (Å²) in [5, 5.41) is 12.6. The zero-order chi connectivity index (χ0) is 16.4. The molecular formula is C16H21N3O4. The van der Waals surface area contributed by atoms with Crippen LogP contribution in [-0.4, -0.2) is 59.7 Å². The Kier molecular flexibility index (Phi) is 4.47. The Bertz CT molecular complexity index is 619. The van der Waals surface area contributed by atoms with Crippen LogP contribution in [0.15, 0.2) is 12.3 Å². The summed E-state index contributed by atoms with van der Waals surface area (Å²) in [6.07, 6.45) is 2.84. The molecule has 3 rings (SSSR count). The first-order chi connectivity index (χ1) is 11.1. The maximum Gasteiger partial charge on any atom is 0.255 e. The van der Waals surface area contributed by atoms with Gasteiger partial charge < -0.3 is 20.1 Å². The van der Waals surface area contributed by atoms with Gasteiger partial charge in [0, 0.05) is 44.2 Å². The van der Waals surface area contributed by atoms with Crippen LogP contribution in [0.2, 0.25) is 0 Å². The molecule has 1 fully saturated rings. The van der Waals surface area contributed by atoms with Crippen LogP contribution in [-0.2, 0) is 11.2 Å². The number of nitrogens with one attached hydrogen (secondary N) is 1. The van der Waals surface area contributed by atoms with Gasteiger partial charge in [-0.15, -0.1) is 0 Å². The normalized spacial score (nSPS) is 23.1. The minimum absolute atomic E-state index is 0.129. The molecule has 0 bridgehead atoms.